The lowest BCUT2D eigenvalue weighted by Crippen LogP contribution is -1.90. The number of aromatic nitrogens is 1. The van der Waals surface area contributed by atoms with Crippen molar-refractivity contribution in [2.75, 3.05) is 5.73 Å². The van der Waals surface area contributed by atoms with E-state index >= 15 is 0 Å². The highest BCUT2D eigenvalue weighted by Gasteiger charge is 2.21. The molecule has 21 heavy (non-hydrogen) atoms. The molecule has 0 atom stereocenters. The Bertz CT molecular complexity index is 800. The van der Waals surface area contributed by atoms with E-state index in [4.69, 9.17) is 33.5 Å². The standard InChI is InChI=1S/C15H9Cl2FN2O/c16-9-6-4-8(5-7-9)12-14(20-21-15(12)19)10-2-1-3-11(17)13(10)18/h1-7H,19H2. The van der Waals surface area contributed by atoms with E-state index < -0.39 is 5.82 Å². The molecule has 0 bridgehead atoms. The van der Waals surface area contributed by atoms with Crippen LogP contribution in [0.1, 0.15) is 0 Å². The number of rotatable bonds is 2. The van der Waals surface area contributed by atoms with Crippen LogP contribution >= 0.6 is 23.2 Å². The van der Waals surface area contributed by atoms with Gasteiger partial charge in [0.15, 0.2) is 5.82 Å². The Morgan fingerprint density at radius 3 is 2.48 bits per heavy atom. The van der Waals surface area contributed by atoms with Crippen LogP contribution in [0.2, 0.25) is 10.0 Å². The van der Waals surface area contributed by atoms with Gasteiger partial charge >= 0.3 is 0 Å². The van der Waals surface area contributed by atoms with Crippen molar-refractivity contribution in [2.24, 2.45) is 0 Å². The zero-order chi connectivity index (χ0) is 15.0. The van der Waals surface area contributed by atoms with Crippen molar-refractivity contribution < 1.29 is 8.91 Å². The van der Waals surface area contributed by atoms with Crippen molar-refractivity contribution in [1.29, 1.82) is 0 Å². The first kappa shape index (κ1) is 13.9. The number of nitrogens with zero attached hydrogens (tertiary/aromatic N) is 1. The molecule has 2 N–H and O–H groups in total. The van der Waals surface area contributed by atoms with Crippen LogP contribution in [-0.4, -0.2) is 5.16 Å². The number of hydrogen-bond donors (Lipinski definition) is 1. The Kier molecular flexibility index (Phi) is 3.57. The van der Waals surface area contributed by atoms with Gasteiger partial charge < -0.3 is 10.3 Å². The lowest BCUT2D eigenvalue weighted by Gasteiger charge is -2.05. The summed E-state index contributed by atoms with van der Waals surface area (Å²) in [6.45, 7) is 0. The second-order valence-electron chi connectivity index (χ2n) is 4.38. The van der Waals surface area contributed by atoms with Crippen molar-refractivity contribution in [3.8, 4) is 22.4 Å². The number of halogens is 3. The third-order valence-electron chi connectivity index (χ3n) is 3.06. The number of nitrogens with two attached hydrogens (primary N) is 1. The van der Waals surface area contributed by atoms with E-state index in [1.807, 2.05) is 0 Å². The van der Waals surface area contributed by atoms with Gasteiger partial charge in [0.25, 0.3) is 0 Å². The van der Waals surface area contributed by atoms with E-state index in [-0.39, 0.29) is 16.5 Å². The van der Waals surface area contributed by atoms with E-state index in [0.717, 1.165) is 5.56 Å². The first-order chi connectivity index (χ1) is 10.1. The summed E-state index contributed by atoms with van der Waals surface area (Å²) in [6.07, 6.45) is 0. The van der Waals surface area contributed by atoms with Gasteiger partial charge in [0.05, 0.1) is 10.6 Å². The third kappa shape index (κ3) is 2.48. The normalized spacial score (nSPS) is 10.8. The summed E-state index contributed by atoms with van der Waals surface area (Å²) in [5, 5.41) is 4.45. The molecule has 0 spiro atoms. The van der Waals surface area contributed by atoms with Gasteiger partial charge in [0.1, 0.15) is 5.69 Å². The Balaban J connectivity index is 2.22. The highest BCUT2D eigenvalue weighted by molar-refractivity contribution is 6.31. The largest absolute Gasteiger partial charge is 0.367 e. The number of benzene rings is 2. The minimum atomic E-state index is -0.567. The van der Waals surface area contributed by atoms with Crippen molar-refractivity contribution in [3.05, 3.63) is 58.3 Å². The topological polar surface area (TPSA) is 52.0 Å². The molecule has 6 heteroatoms. The SMILES string of the molecule is Nc1onc(-c2cccc(Cl)c2F)c1-c1ccc(Cl)cc1. The fourth-order valence-corrected chi connectivity index (χ4v) is 2.37. The van der Waals surface area contributed by atoms with E-state index in [1.165, 1.54) is 6.07 Å². The number of hydrogen-bond acceptors (Lipinski definition) is 3. The molecule has 0 saturated carbocycles. The van der Waals surface area contributed by atoms with E-state index in [1.54, 1.807) is 36.4 Å². The van der Waals surface area contributed by atoms with Gasteiger partial charge in [-0.15, -0.1) is 0 Å². The van der Waals surface area contributed by atoms with Gasteiger partial charge in [-0.2, -0.15) is 0 Å². The maximum atomic E-state index is 14.2. The molecule has 0 radical (unpaired) electrons. The lowest BCUT2D eigenvalue weighted by atomic mass is 10.0. The van der Waals surface area contributed by atoms with Crippen LogP contribution in [0.4, 0.5) is 10.3 Å². The molecule has 1 aromatic heterocycles. The molecule has 0 aliphatic heterocycles. The van der Waals surface area contributed by atoms with Gasteiger partial charge in [-0.3, -0.25) is 0 Å². The Labute approximate surface area is 130 Å². The smallest absolute Gasteiger partial charge is 0.230 e. The minimum absolute atomic E-state index is 0.0103. The van der Waals surface area contributed by atoms with Crippen molar-refractivity contribution in [1.82, 2.24) is 5.16 Å². The van der Waals surface area contributed by atoms with Crippen LogP contribution in [0.15, 0.2) is 47.0 Å². The molecule has 0 saturated heterocycles. The zero-order valence-electron chi connectivity index (χ0n) is 10.6. The van der Waals surface area contributed by atoms with Gasteiger partial charge in [0, 0.05) is 10.6 Å². The molecule has 3 nitrogen and oxygen atoms in total. The van der Waals surface area contributed by atoms with Crippen LogP contribution in [0.25, 0.3) is 22.4 Å². The summed E-state index contributed by atoms with van der Waals surface area (Å²) in [5.74, 6) is -0.464. The maximum Gasteiger partial charge on any atom is 0.230 e. The molecule has 1 heterocycles. The second-order valence-corrected chi connectivity index (χ2v) is 5.22. The van der Waals surface area contributed by atoms with Crippen LogP contribution < -0.4 is 5.73 Å². The molecular formula is C15H9Cl2FN2O. The van der Waals surface area contributed by atoms with Crippen LogP contribution in [0.3, 0.4) is 0 Å². The molecule has 2 aromatic carbocycles. The maximum absolute atomic E-state index is 14.2. The van der Waals surface area contributed by atoms with E-state index in [0.29, 0.717) is 16.3 Å². The van der Waals surface area contributed by atoms with Gasteiger partial charge in [-0.25, -0.2) is 4.39 Å². The van der Waals surface area contributed by atoms with Crippen LogP contribution in [0.5, 0.6) is 0 Å². The average Bonchev–Trinajstić information content (AvgIpc) is 2.85. The lowest BCUT2D eigenvalue weighted by molar-refractivity contribution is 0.439. The summed E-state index contributed by atoms with van der Waals surface area (Å²) in [4.78, 5) is 0. The summed E-state index contributed by atoms with van der Waals surface area (Å²) < 4.78 is 19.2. The van der Waals surface area contributed by atoms with Crippen molar-refractivity contribution in [2.45, 2.75) is 0 Å². The molecule has 0 aliphatic rings. The molecule has 3 rings (SSSR count). The monoisotopic (exact) mass is 322 g/mol. The predicted octanol–water partition coefficient (Wildman–Crippen LogP) is 5.04. The number of anilines is 1. The van der Waals surface area contributed by atoms with Crippen LogP contribution in [-0.2, 0) is 0 Å². The predicted molar refractivity (Wildman–Crippen MR) is 81.8 cm³/mol. The zero-order valence-corrected chi connectivity index (χ0v) is 12.1. The quantitative estimate of drug-likeness (QED) is 0.719. The minimum Gasteiger partial charge on any atom is -0.367 e. The summed E-state index contributed by atoms with van der Waals surface area (Å²) in [6, 6.07) is 11.6. The van der Waals surface area contributed by atoms with Gasteiger partial charge in [0.2, 0.25) is 5.88 Å². The fourth-order valence-electron chi connectivity index (χ4n) is 2.07. The second kappa shape index (κ2) is 5.39. The third-order valence-corrected chi connectivity index (χ3v) is 3.60. The molecule has 0 fully saturated rings. The first-order valence-corrected chi connectivity index (χ1v) is 6.79. The molecule has 0 aliphatic carbocycles. The fraction of sp³-hybridized carbons (Fsp3) is 0. The molecule has 0 unspecified atom stereocenters. The molecule has 0 amide bonds. The highest BCUT2D eigenvalue weighted by Crippen LogP contribution is 2.38. The first-order valence-electron chi connectivity index (χ1n) is 6.03. The van der Waals surface area contributed by atoms with Crippen molar-refractivity contribution in [3.63, 3.8) is 0 Å². The highest BCUT2D eigenvalue weighted by atomic mass is 35.5. The van der Waals surface area contributed by atoms with E-state index in [9.17, 15) is 4.39 Å². The number of nitrogen functional groups attached to an aromatic ring is 1. The molecule has 106 valence electrons. The van der Waals surface area contributed by atoms with Crippen LogP contribution in [0, 0.1) is 5.82 Å². The Hall–Kier alpha value is -2.04. The molecular weight excluding hydrogens is 314 g/mol. The summed E-state index contributed by atoms with van der Waals surface area (Å²) in [7, 11) is 0. The Morgan fingerprint density at radius 1 is 1.05 bits per heavy atom. The van der Waals surface area contributed by atoms with Gasteiger partial charge in [-0.05, 0) is 29.8 Å². The summed E-state index contributed by atoms with van der Waals surface area (Å²) >= 11 is 11.7. The average molecular weight is 323 g/mol. The van der Waals surface area contributed by atoms with Gasteiger partial charge in [-0.1, -0.05) is 46.6 Å². The van der Waals surface area contributed by atoms with E-state index in [2.05, 4.69) is 5.16 Å². The summed E-state index contributed by atoms with van der Waals surface area (Å²) in [5.41, 5.74) is 7.59. The van der Waals surface area contributed by atoms with Crippen molar-refractivity contribution >= 4 is 29.1 Å². The Morgan fingerprint density at radius 2 is 1.76 bits per heavy atom. The molecule has 3 aromatic rings.